The second-order valence-corrected chi connectivity index (χ2v) is 3.62. The van der Waals surface area contributed by atoms with Crippen LogP contribution in [-0.4, -0.2) is 49.1 Å². The van der Waals surface area contributed by atoms with Crippen LogP contribution in [0.25, 0.3) is 0 Å². The number of nitrogens with zero attached hydrogens (tertiary/aromatic N) is 3. The van der Waals surface area contributed by atoms with Gasteiger partial charge in [0.15, 0.2) is 0 Å². The third-order valence-electron chi connectivity index (χ3n) is 1.98. The molecule has 1 heterocycles. The van der Waals surface area contributed by atoms with Crippen LogP contribution in [-0.2, 0) is 0 Å². The Kier molecular flexibility index (Phi) is 4.83. The van der Waals surface area contributed by atoms with Crippen molar-refractivity contribution in [3.63, 3.8) is 0 Å². The summed E-state index contributed by atoms with van der Waals surface area (Å²) in [5, 5.41) is 6.19. The SMILES string of the molecule is CNc1cncc(NCCCN(C)C)n1. The van der Waals surface area contributed by atoms with Crippen molar-refractivity contribution in [2.24, 2.45) is 0 Å². The third-order valence-corrected chi connectivity index (χ3v) is 1.98. The van der Waals surface area contributed by atoms with Crippen LogP contribution in [0.15, 0.2) is 12.4 Å². The Morgan fingerprint density at radius 3 is 2.67 bits per heavy atom. The summed E-state index contributed by atoms with van der Waals surface area (Å²) >= 11 is 0. The van der Waals surface area contributed by atoms with Crippen LogP contribution in [0.2, 0.25) is 0 Å². The maximum absolute atomic E-state index is 4.31. The van der Waals surface area contributed by atoms with Gasteiger partial charge >= 0.3 is 0 Å². The highest BCUT2D eigenvalue weighted by Gasteiger charge is 1.96. The lowest BCUT2D eigenvalue weighted by molar-refractivity contribution is 0.405. The zero-order valence-corrected chi connectivity index (χ0v) is 9.62. The van der Waals surface area contributed by atoms with E-state index in [2.05, 4.69) is 39.6 Å². The fourth-order valence-electron chi connectivity index (χ4n) is 1.18. The highest BCUT2D eigenvalue weighted by Crippen LogP contribution is 2.05. The molecule has 0 aliphatic rings. The molecule has 2 N–H and O–H groups in total. The molecule has 1 aromatic heterocycles. The predicted octanol–water partition coefficient (Wildman–Crippen LogP) is 0.882. The number of rotatable bonds is 6. The van der Waals surface area contributed by atoms with Crippen LogP contribution in [0, 0.1) is 0 Å². The van der Waals surface area contributed by atoms with E-state index in [0.717, 1.165) is 31.1 Å². The van der Waals surface area contributed by atoms with Gasteiger partial charge in [0, 0.05) is 13.6 Å². The topological polar surface area (TPSA) is 53.1 Å². The van der Waals surface area contributed by atoms with Gasteiger partial charge in [-0.25, -0.2) is 4.98 Å². The Bertz CT molecular complexity index is 287. The second kappa shape index (κ2) is 6.19. The first-order chi connectivity index (χ1) is 7.22. The molecule has 1 rings (SSSR count). The summed E-state index contributed by atoms with van der Waals surface area (Å²) < 4.78 is 0. The fourth-order valence-corrected chi connectivity index (χ4v) is 1.18. The Morgan fingerprint density at radius 2 is 2.00 bits per heavy atom. The van der Waals surface area contributed by atoms with Crippen molar-refractivity contribution in [3.05, 3.63) is 12.4 Å². The zero-order chi connectivity index (χ0) is 11.1. The van der Waals surface area contributed by atoms with E-state index in [4.69, 9.17) is 0 Å². The van der Waals surface area contributed by atoms with Crippen molar-refractivity contribution >= 4 is 11.6 Å². The van der Waals surface area contributed by atoms with Crippen molar-refractivity contribution in [2.45, 2.75) is 6.42 Å². The zero-order valence-electron chi connectivity index (χ0n) is 9.62. The lowest BCUT2D eigenvalue weighted by Gasteiger charge is -2.10. The molecule has 0 fully saturated rings. The third kappa shape index (κ3) is 4.60. The van der Waals surface area contributed by atoms with E-state index >= 15 is 0 Å². The van der Waals surface area contributed by atoms with E-state index < -0.39 is 0 Å². The van der Waals surface area contributed by atoms with Crippen molar-refractivity contribution in [3.8, 4) is 0 Å². The van der Waals surface area contributed by atoms with Gasteiger partial charge in [-0.1, -0.05) is 0 Å². The molecule has 0 saturated heterocycles. The van der Waals surface area contributed by atoms with E-state index in [1.165, 1.54) is 0 Å². The van der Waals surface area contributed by atoms with Crippen LogP contribution in [0.5, 0.6) is 0 Å². The first kappa shape index (κ1) is 11.7. The quantitative estimate of drug-likeness (QED) is 0.681. The Hall–Kier alpha value is -1.36. The maximum atomic E-state index is 4.31. The first-order valence-corrected chi connectivity index (χ1v) is 5.11. The Labute approximate surface area is 90.9 Å². The first-order valence-electron chi connectivity index (χ1n) is 5.11. The molecule has 0 atom stereocenters. The van der Waals surface area contributed by atoms with Crippen molar-refractivity contribution in [1.29, 1.82) is 0 Å². The molecule has 0 spiro atoms. The van der Waals surface area contributed by atoms with Crippen LogP contribution < -0.4 is 10.6 Å². The molecule has 0 aliphatic heterocycles. The van der Waals surface area contributed by atoms with Gasteiger partial charge in [-0.15, -0.1) is 0 Å². The molecule has 0 amide bonds. The van der Waals surface area contributed by atoms with Crippen molar-refractivity contribution in [2.75, 3.05) is 44.9 Å². The predicted molar refractivity (Wildman–Crippen MR) is 63.2 cm³/mol. The number of aromatic nitrogens is 2. The number of anilines is 2. The lowest BCUT2D eigenvalue weighted by atomic mass is 10.4. The maximum Gasteiger partial charge on any atom is 0.146 e. The number of nitrogens with one attached hydrogen (secondary N) is 2. The van der Waals surface area contributed by atoms with Crippen LogP contribution in [0.1, 0.15) is 6.42 Å². The summed E-state index contributed by atoms with van der Waals surface area (Å²) in [6, 6.07) is 0. The van der Waals surface area contributed by atoms with Crippen LogP contribution >= 0.6 is 0 Å². The minimum atomic E-state index is 0.785. The van der Waals surface area contributed by atoms with Gasteiger partial charge in [-0.05, 0) is 27.1 Å². The molecule has 5 heteroatoms. The van der Waals surface area contributed by atoms with Gasteiger partial charge < -0.3 is 15.5 Å². The van der Waals surface area contributed by atoms with E-state index in [1.807, 2.05) is 7.05 Å². The van der Waals surface area contributed by atoms with Crippen LogP contribution in [0.3, 0.4) is 0 Å². The van der Waals surface area contributed by atoms with Gasteiger partial charge in [0.2, 0.25) is 0 Å². The minimum absolute atomic E-state index is 0.785. The molecule has 15 heavy (non-hydrogen) atoms. The minimum Gasteiger partial charge on any atom is -0.372 e. The van der Waals surface area contributed by atoms with E-state index in [1.54, 1.807) is 12.4 Å². The molecule has 0 radical (unpaired) electrons. The monoisotopic (exact) mass is 209 g/mol. The standard InChI is InChI=1S/C10H19N5/c1-11-9-7-12-8-10(14-9)13-5-4-6-15(2)3/h7-8H,4-6H2,1-3H3,(H2,11,13,14). The molecular weight excluding hydrogens is 190 g/mol. The summed E-state index contributed by atoms with van der Waals surface area (Å²) in [4.78, 5) is 10.5. The highest BCUT2D eigenvalue weighted by atomic mass is 15.1. The molecule has 84 valence electrons. The van der Waals surface area contributed by atoms with E-state index in [-0.39, 0.29) is 0 Å². The normalized spacial score (nSPS) is 10.4. The average molecular weight is 209 g/mol. The Morgan fingerprint density at radius 1 is 1.27 bits per heavy atom. The molecule has 0 bridgehead atoms. The van der Waals surface area contributed by atoms with E-state index in [9.17, 15) is 0 Å². The van der Waals surface area contributed by atoms with Crippen molar-refractivity contribution in [1.82, 2.24) is 14.9 Å². The summed E-state index contributed by atoms with van der Waals surface area (Å²) in [5.74, 6) is 1.60. The molecule has 0 aromatic carbocycles. The van der Waals surface area contributed by atoms with Crippen molar-refractivity contribution < 1.29 is 0 Å². The molecule has 0 unspecified atom stereocenters. The summed E-state index contributed by atoms with van der Waals surface area (Å²) in [6.45, 7) is 1.99. The summed E-state index contributed by atoms with van der Waals surface area (Å²) in [6.07, 6.45) is 4.53. The van der Waals surface area contributed by atoms with Gasteiger partial charge in [0.1, 0.15) is 11.6 Å². The van der Waals surface area contributed by atoms with Gasteiger partial charge in [0.25, 0.3) is 0 Å². The molecule has 5 nitrogen and oxygen atoms in total. The summed E-state index contributed by atoms with van der Waals surface area (Å²) in [5.41, 5.74) is 0. The smallest absolute Gasteiger partial charge is 0.146 e. The summed E-state index contributed by atoms with van der Waals surface area (Å²) in [7, 11) is 5.97. The van der Waals surface area contributed by atoms with E-state index in [0.29, 0.717) is 0 Å². The van der Waals surface area contributed by atoms with Gasteiger partial charge in [-0.3, -0.25) is 4.98 Å². The second-order valence-electron chi connectivity index (χ2n) is 3.62. The fraction of sp³-hybridized carbons (Fsp3) is 0.600. The number of hydrogen-bond acceptors (Lipinski definition) is 5. The molecule has 0 aliphatic carbocycles. The number of hydrogen-bond donors (Lipinski definition) is 2. The lowest BCUT2D eigenvalue weighted by Crippen LogP contribution is -2.16. The molecule has 1 aromatic rings. The van der Waals surface area contributed by atoms with Crippen LogP contribution in [0.4, 0.5) is 11.6 Å². The average Bonchev–Trinajstić information content (AvgIpc) is 2.24. The Balaban J connectivity index is 2.30. The molecule has 0 saturated carbocycles. The largest absolute Gasteiger partial charge is 0.372 e. The van der Waals surface area contributed by atoms with Gasteiger partial charge in [0.05, 0.1) is 12.4 Å². The highest BCUT2D eigenvalue weighted by molar-refractivity contribution is 5.40. The van der Waals surface area contributed by atoms with Gasteiger partial charge in [-0.2, -0.15) is 0 Å². The molecular formula is C10H19N5.